The molecule has 0 atom stereocenters. The number of allylic oxidation sites excluding steroid dienone is 3. The fourth-order valence-corrected chi connectivity index (χ4v) is 1.40. The molecule has 1 rings (SSSR count). The summed E-state index contributed by atoms with van der Waals surface area (Å²) in [7, 11) is 0. The normalized spacial score (nSPS) is 18.3. The van der Waals surface area contributed by atoms with Crippen molar-refractivity contribution in [3.63, 3.8) is 0 Å². The molecule has 0 radical (unpaired) electrons. The van der Waals surface area contributed by atoms with Crippen molar-refractivity contribution in [2.45, 2.75) is 19.8 Å². The van der Waals surface area contributed by atoms with E-state index in [0.29, 0.717) is 10.3 Å². The molecule has 0 spiro atoms. The quantitative estimate of drug-likeness (QED) is 0.561. The van der Waals surface area contributed by atoms with Gasteiger partial charge in [0.05, 0.1) is 0 Å². The monoisotopic (exact) mass is 189 g/mol. The average molecular weight is 190 g/mol. The van der Waals surface area contributed by atoms with Crippen LogP contribution in [0.1, 0.15) is 19.8 Å². The Kier molecular flexibility index (Phi) is 3.16. The molecule has 60 valence electrons. The van der Waals surface area contributed by atoms with Crippen molar-refractivity contribution in [2.75, 3.05) is 0 Å². The Bertz CT molecular complexity index is 238. The molecule has 0 bridgehead atoms. The van der Waals surface area contributed by atoms with Crippen LogP contribution >= 0.6 is 23.2 Å². The Hall–Kier alpha value is -0.270. The molecule has 1 aliphatic heterocycles. The zero-order valence-electron chi connectivity index (χ0n) is 6.27. The van der Waals surface area contributed by atoms with Gasteiger partial charge in [-0.3, -0.25) is 0 Å². The van der Waals surface area contributed by atoms with Crippen LogP contribution in [-0.2, 0) is 0 Å². The summed E-state index contributed by atoms with van der Waals surface area (Å²) in [5, 5.41) is 1.00. The Morgan fingerprint density at radius 1 is 1.55 bits per heavy atom. The number of hydrogen-bond acceptors (Lipinski definition) is 1. The molecular weight excluding hydrogens is 181 g/mol. The molecule has 1 heterocycles. The first-order valence-corrected chi connectivity index (χ1v) is 4.28. The van der Waals surface area contributed by atoms with Crippen LogP contribution in [0, 0.1) is 0 Å². The summed E-state index contributed by atoms with van der Waals surface area (Å²) < 4.78 is 0. The van der Waals surface area contributed by atoms with Crippen LogP contribution in [0.5, 0.6) is 0 Å². The maximum absolute atomic E-state index is 5.85. The number of halogens is 2. The van der Waals surface area contributed by atoms with E-state index in [1.807, 2.05) is 6.08 Å². The van der Waals surface area contributed by atoms with Gasteiger partial charge in [0.15, 0.2) is 0 Å². The standard InChI is InChI=1S/C8H9Cl2N/c1-2-6-4-3-5-7(9)11-8(6)10/h3,5H,2,4H2,1H3. The lowest BCUT2D eigenvalue weighted by Gasteiger charge is -1.98. The second kappa shape index (κ2) is 3.93. The van der Waals surface area contributed by atoms with Crippen LogP contribution in [0.25, 0.3) is 0 Å². The molecule has 0 N–H and O–H groups in total. The van der Waals surface area contributed by atoms with Gasteiger partial charge in [0, 0.05) is 0 Å². The van der Waals surface area contributed by atoms with E-state index in [-0.39, 0.29) is 0 Å². The largest absolute Gasteiger partial charge is 0.224 e. The number of aliphatic imine (C=N–C) groups is 1. The van der Waals surface area contributed by atoms with Crippen molar-refractivity contribution in [1.29, 1.82) is 0 Å². The van der Waals surface area contributed by atoms with Gasteiger partial charge in [-0.2, -0.15) is 0 Å². The topological polar surface area (TPSA) is 12.4 Å². The van der Waals surface area contributed by atoms with E-state index in [1.165, 1.54) is 0 Å². The second-order valence-corrected chi connectivity index (χ2v) is 3.03. The predicted molar refractivity (Wildman–Crippen MR) is 50.2 cm³/mol. The van der Waals surface area contributed by atoms with Crippen molar-refractivity contribution >= 4 is 28.4 Å². The van der Waals surface area contributed by atoms with Gasteiger partial charge in [-0.15, -0.1) is 0 Å². The van der Waals surface area contributed by atoms with Gasteiger partial charge in [-0.25, -0.2) is 4.99 Å². The first-order valence-electron chi connectivity index (χ1n) is 3.52. The molecule has 0 aliphatic carbocycles. The van der Waals surface area contributed by atoms with Gasteiger partial charge in [-0.1, -0.05) is 36.2 Å². The minimum atomic E-state index is 0.457. The second-order valence-electron chi connectivity index (χ2n) is 2.29. The third kappa shape index (κ3) is 2.35. The molecule has 0 aromatic carbocycles. The van der Waals surface area contributed by atoms with Gasteiger partial charge < -0.3 is 0 Å². The van der Waals surface area contributed by atoms with Gasteiger partial charge in [-0.05, 0) is 24.5 Å². The van der Waals surface area contributed by atoms with Gasteiger partial charge in [0.25, 0.3) is 0 Å². The van der Waals surface area contributed by atoms with E-state index in [1.54, 1.807) is 6.08 Å². The highest BCUT2D eigenvalue weighted by atomic mass is 35.5. The van der Waals surface area contributed by atoms with Crippen LogP contribution in [0.2, 0.25) is 0 Å². The lowest BCUT2D eigenvalue weighted by Crippen LogP contribution is -1.80. The Morgan fingerprint density at radius 3 is 2.91 bits per heavy atom. The van der Waals surface area contributed by atoms with E-state index in [2.05, 4.69) is 11.9 Å². The maximum Gasteiger partial charge on any atom is 0.130 e. The molecule has 0 amide bonds. The van der Waals surface area contributed by atoms with E-state index in [4.69, 9.17) is 23.2 Å². The van der Waals surface area contributed by atoms with Crippen LogP contribution in [0.4, 0.5) is 0 Å². The van der Waals surface area contributed by atoms with Crippen LogP contribution < -0.4 is 0 Å². The highest BCUT2D eigenvalue weighted by Gasteiger charge is 2.03. The highest BCUT2D eigenvalue weighted by Crippen LogP contribution is 2.21. The minimum Gasteiger partial charge on any atom is -0.224 e. The number of nitrogens with zero attached hydrogens (tertiary/aromatic N) is 1. The maximum atomic E-state index is 5.85. The zero-order chi connectivity index (χ0) is 8.27. The van der Waals surface area contributed by atoms with Gasteiger partial charge in [0.1, 0.15) is 10.3 Å². The minimum absolute atomic E-state index is 0.457. The van der Waals surface area contributed by atoms with Gasteiger partial charge >= 0.3 is 0 Å². The summed E-state index contributed by atoms with van der Waals surface area (Å²) in [4.78, 5) is 3.97. The van der Waals surface area contributed by atoms with E-state index >= 15 is 0 Å². The summed E-state index contributed by atoms with van der Waals surface area (Å²) in [5.41, 5.74) is 1.14. The fraction of sp³-hybridized carbons (Fsp3) is 0.375. The first kappa shape index (κ1) is 8.82. The Balaban J connectivity index is 2.93. The molecule has 0 aromatic rings. The van der Waals surface area contributed by atoms with Crippen molar-refractivity contribution in [1.82, 2.24) is 0 Å². The summed E-state index contributed by atoms with van der Waals surface area (Å²) in [6, 6.07) is 0. The van der Waals surface area contributed by atoms with Crippen LogP contribution in [0.15, 0.2) is 27.9 Å². The number of rotatable bonds is 1. The van der Waals surface area contributed by atoms with Crippen LogP contribution in [-0.4, -0.2) is 5.17 Å². The Labute approximate surface area is 76.4 Å². The summed E-state index contributed by atoms with van der Waals surface area (Å²) >= 11 is 11.5. The molecule has 0 aromatic heterocycles. The zero-order valence-corrected chi connectivity index (χ0v) is 7.78. The molecule has 1 nitrogen and oxygen atoms in total. The molecule has 0 saturated heterocycles. The molecule has 11 heavy (non-hydrogen) atoms. The summed E-state index contributed by atoms with van der Waals surface area (Å²) in [6.45, 7) is 2.06. The number of hydrogen-bond donors (Lipinski definition) is 0. The van der Waals surface area contributed by atoms with E-state index < -0.39 is 0 Å². The third-order valence-corrected chi connectivity index (χ3v) is 2.11. The van der Waals surface area contributed by atoms with E-state index in [9.17, 15) is 0 Å². The molecule has 0 unspecified atom stereocenters. The molecule has 0 saturated carbocycles. The molecule has 0 fully saturated rings. The predicted octanol–water partition coefficient (Wildman–Crippen LogP) is 3.44. The molecular formula is C8H9Cl2N. The summed E-state index contributed by atoms with van der Waals surface area (Å²) in [5.74, 6) is 0. The first-order chi connectivity index (χ1) is 5.24. The van der Waals surface area contributed by atoms with Crippen molar-refractivity contribution in [2.24, 2.45) is 4.99 Å². The SMILES string of the molecule is CCC1=C(Cl)N=C(Cl)C=CC1. The molecule has 1 aliphatic rings. The van der Waals surface area contributed by atoms with Crippen molar-refractivity contribution in [3.8, 4) is 0 Å². The smallest absolute Gasteiger partial charge is 0.130 e. The Morgan fingerprint density at radius 2 is 2.27 bits per heavy atom. The van der Waals surface area contributed by atoms with Gasteiger partial charge in [0.2, 0.25) is 0 Å². The summed E-state index contributed by atoms with van der Waals surface area (Å²) in [6.07, 6.45) is 5.53. The van der Waals surface area contributed by atoms with Crippen molar-refractivity contribution in [3.05, 3.63) is 22.9 Å². The lowest BCUT2D eigenvalue weighted by molar-refractivity contribution is 1.02. The third-order valence-electron chi connectivity index (χ3n) is 1.54. The van der Waals surface area contributed by atoms with Crippen LogP contribution in [0.3, 0.4) is 0 Å². The fourth-order valence-electron chi connectivity index (χ4n) is 0.883. The molecule has 3 heteroatoms. The lowest BCUT2D eigenvalue weighted by atomic mass is 10.1. The average Bonchev–Trinajstić information content (AvgIpc) is 2.11. The van der Waals surface area contributed by atoms with Crippen molar-refractivity contribution < 1.29 is 0 Å². The van der Waals surface area contributed by atoms with E-state index in [0.717, 1.165) is 18.4 Å². The highest BCUT2D eigenvalue weighted by molar-refractivity contribution is 6.68.